The van der Waals surface area contributed by atoms with Crippen LogP contribution in [0.4, 0.5) is 5.82 Å². The number of nitrogens with one attached hydrogen (secondary N) is 1. The number of hydrogen-bond acceptors (Lipinski definition) is 4. The molecule has 1 aliphatic rings. The number of amides is 1. The van der Waals surface area contributed by atoms with Gasteiger partial charge in [0.1, 0.15) is 20.5 Å². The molecule has 126 valence electrons. The van der Waals surface area contributed by atoms with Crippen LogP contribution in [0.15, 0.2) is 12.4 Å². The van der Waals surface area contributed by atoms with Crippen molar-refractivity contribution in [2.24, 2.45) is 5.89 Å². The molecule has 2 aromatic heterocycles. The van der Waals surface area contributed by atoms with Crippen LogP contribution in [0.2, 0.25) is 0 Å². The standard InChI is InChI=1S/C17H22N6O/c1-11-5-6-23(15(24)8-18-3)9-14(11)22(4)17-13-7-12(2)21-16(13)19-10-20-17/h7,10-11,14H,5-6,8-9H2,1-2,4H3,(H,19,20,21)/t11-,14+/m1/s1/i4D3,5D2,6D2,7D,8D2,9D2,11D. The number of piperidine rings is 1. The molecule has 0 spiro atoms. The van der Waals surface area contributed by atoms with E-state index >= 15 is 0 Å². The number of fused-ring (bicyclic) bond motifs is 1. The first-order chi connectivity index (χ1) is 16.5. The number of anilines is 1. The summed E-state index contributed by atoms with van der Waals surface area (Å²) in [6, 6.07) is -2.84. The Labute approximate surface area is 159 Å². The molecule has 1 saturated heterocycles. The van der Waals surface area contributed by atoms with Crippen LogP contribution in [-0.4, -0.2) is 58.3 Å². The number of likely N-dealkylation sites (tertiary alicyclic amines) is 1. The minimum absolute atomic E-state index is 0.0274. The minimum atomic E-state index is -3.72. The van der Waals surface area contributed by atoms with E-state index in [2.05, 4.69) is 19.8 Å². The van der Waals surface area contributed by atoms with Crippen LogP contribution < -0.4 is 4.90 Å². The van der Waals surface area contributed by atoms with Gasteiger partial charge in [-0.15, -0.1) is 0 Å². The molecule has 7 nitrogen and oxygen atoms in total. The monoisotopic (exact) mass is 339 g/mol. The summed E-state index contributed by atoms with van der Waals surface area (Å²) in [5, 5.41) is -0.216. The van der Waals surface area contributed by atoms with E-state index in [1.54, 1.807) is 0 Å². The maximum atomic E-state index is 13.0. The normalized spacial score (nSPS) is 39.3. The molecule has 1 amide bonds. The van der Waals surface area contributed by atoms with Crippen molar-refractivity contribution in [3.8, 4) is 0 Å². The quantitative estimate of drug-likeness (QED) is 0.867. The highest BCUT2D eigenvalue weighted by Crippen LogP contribution is 2.29. The van der Waals surface area contributed by atoms with Gasteiger partial charge in [0.2, 0.25) is 0 Å². The van der Waals surface area contributed by atoms with Crippen LogP contribution >= 0.6 is 0 Å². The van der Waals surface area contributed by atoms with E-state index in [-0.39, 0.29) is 27.7 Å². The number of aryl methyl sites for hydroxylation is 1. The predicted octanol–water partition coefficient (Wildman–Crippen LogP) is 1.86. The lowest BCUT2D eigenvalue weighted by Gasteiger charge is -2.41. The van der Waals surface area contributed by atoms with Crippen molar-refractivity contribution >= 4 is 22.8 Å². The van der Waals surface area contributed by atoms with Gasteiger partial charge in [0.25, 0.3) is 6.50 Å². The van der Waals surface area contributed by atoms with Crippen molar-refractivity contribution in [2.75, 3.05) is 31.4 Å². The molecular formula is C17H22N6O. The molecule has 0 aliphatic carbocycles. The number of carbonyl (C=O) groups excluding carboxylic acids is 1. The Morgan fingerprint density at radius 1 is 1.79 bits per heavy atom. The van der Waals surface area contributed by atoms with Crippen molar-refractivity contribution in [3.05, 3.63) is 29.5 Å². The molecule has 2 atom stereocenters. The van der Waals surface area contributed by atoms with Crippen LogP contribution in [0.1, 0.15) is 36.8 Å². The summed E-state index contributed by atoms with van der Waals surface area (Å²) in [5.41, 5.74) is 0.205. The van der Waals surface area contributed by atoms with Gasteiger partial charge < -0.3 is 19.6 Å². The summed E-state index contributed by atoms with van der Waals surface area (Å²) in [5.74, 6) is -5.70. The fraction of sp³-hybridized carbons (Fsp3) is 0.529. The van der Waals surface area contributed by atoms with Crippen LogP contribution in [0.5, 0.6) is 0 Å². The average molecular weight is 339 g/mol. The Balaban J connectivity index is 2.46. The second kappa shape index (κ2) is 6.48. The third-order valence-corrected chi connectivity index (χ3v) is 3.31. The molecule has 2 aromatic rings. The molecule has 0 radical (unpaired) electrons. The molecular weight excluding hydrogens is 304 g/mol. The van der Waals surface area contributed by atoms with Crippen molar-refractivity contribution in [1.29, 1.82) is 0 Å². The highest BCUT2D eigenvalue weighted by Gasteiger charge is 2.33. The number of H-pyrrole nitrogens is 1. The Hall–Kier alpha value is -2.62. The van der Waals surface area contributed by atoms with Gasteiger partial charge in [-0.05, 0) is 25.2 Å². The Morgan fingerprint density at radius 3 is 3.38 bits per heavy atom. The van der Waals surface area contributed by atoms with Crippen molar-refractivity contribution in [1.82, 2.24) is 19.9 Å². The first-order valence-corrected chi connectivity index (χ1v) is 6.82. The largest absolute Gasteiger partial charge is 0.354 e. The van der Waals surface area contributed by atoms with Gasteiger partial charge in [0, 0.05) is 36.6 Å². The van der Waals surface area contributed by atoms with Crippen molar-refractivity contribution < 1.29 is 22.6 Å². The number of rotatable bonds is 3. The van der Waals surface area contributed by atoms with Crippen molar-refractivity contribution in [3.63, 3.8) is 0 Å². The molecule has 3 heterocycles. The first-order valence-electron chi connectivity index (χ1n) is 13.3. The Bertz CT molecular complexity index is 1300. The van der Waals surface area contributed by atoms with Gasteiger partial charge in [-0.2, -0.15) is 0 Å². The van der Waals surface area contributed by atoms with Crippen LogP contribution in [-0.2, 0) is 4.79 Å². The van der Waals surface area contributed by atoms with E-state index in [1.807, 2.05) is 0 Å². The second-order valence-electron chi connectivity index (χ2n) is 4.98. The summed E-state index contributed by atoms with van der Waals surface area (Å²) < 4.78 is 108. The lowest BCUT2D eigenvalue weighted by molar-refractivity contribution is -0.130. The number of carbonyl (C=O) groups is 1. The lowest BCUT2D eigenvalue weighted by atomic mass is 9.92. The molecule has 0 saturated carbocycles. The van der Waals surface area contributed by atoms with E-state index in [4.69, 9.17) is 24.4 Å². The molecule has 0 aromatic carbocycles. The summed E-state index contributed by atoms with van der Waals surface area (Å²) in [6.45, 7) is -5.10. The average Bonchev–Trinajstić information content (AvgIpc) is 3.03. The third-order valence-electron chi connectivity index (χ3n) is 3.31. The molecule has 1 aliphatic heterocycles. The number of likely N-dealkylation sites (N-methyl/N-ethyl adjacent to an activating group) is 1. The zero-order valence-electron chi connectivity index (χ0n) is 25.8. The maximum absolute atomic E-state index is 13.0. The smallest absolute Gasteiger partial charge is 0.302 e. The van der Waals surface area contributed by atoms with E-state index in [0.29, 0.717) is 0 Å². The summed E-state index contributed by atoms with van der Waals surface area (Å²) in [7, 11) is 0. The number of aromatic nitrogens is 3. The summed E-state index contributed by atoms with van der Waals surface area (Å²) in [4.78, 5) is 25.8. The fourth-order valence-corrected chi connectivity index (χ4v) is 2.21. The maximum Gasteiger partial charge on any atom is 0.302 e. The van der Waals surface area contributed by atoms with E-state index in [0.717, 1.165) is 13.3 Å². The molecule has 1 fully saturated rings. The highest BCUT2D eigenvalue weighted by molar-refractivity contribution is 5.88. The molecule has 7 heteroatoms. The highest BCUT2D eigenvalue weighted by atomic mass is 16.2. The van der Waals surface area contributed by atoms with E-state index in [1.165, 1.54) is 6.92 Å². The van der Waals surface area contributed by atoms with E-state index < -0.39 is 61.4 Å². The molecule has 1 N–H and O–H groups in total. The van der Waals surface area contributed by atoms with Gasteiger partial charge in [0.05, 0.1) is 15.5 Å². The lowest BCUT2D eigenvalue weighted by Crippen LogP contribution is -2.53. The van der Waals surface area contributed by atoms with Gasteiger partial charge in [-0.1, -0.05) is 6.92 Å². The van der Waals surface area contributed by atoms with E-state index in [9.17, 15) is 4.79 Å². The Kier molecular flexibility index (Phi) is 1.81. The summed E-state index contributed by atoms with van der Waals surface area (Å²) >= 11 is 0. The van der Waals surface area contributed by atoms with Gasteiger partial charge in [-0.3, -0.25) is 4.79 Å². The third kappa shape index (κ3) is 2.92. The number of nitrogens with zero attached hydrogens (tertiary/aromatic N) is 5. The summed E-state index contributed by atoms with van der Waals surface area (Å²) in [6.07, 6.45) is -2.64. The van der Waals surface area contributed by atoms with Crippen LogP contribution in [0.3, 0.4) is 0 Å². The first kappa shape index (κ1) is 6.71. The predicted molar refractivity (Wildman–Crippen MR) is 92.6 cm³/mol. The van der Waals surface area contributed by atoms with Gasteiger partial charge in [0.15, 0.2) is 0 Å². The van der Waals surface area contributed by atoms with Crippen LogP contribution in [0.25, 0.3) is 15.9 Å². The zero-order valence-corrected chi connectivity index (χ0v) is 12.8. The second-order valence-corrected chi connectivity index (χ2v) is 4.98. The minimum Gasteiger partial charge on any atom is -0.354 e. The number of hydrogen-bond donors (Lipinski definition) is 1. The van der Waals surface area contributed by atoms with Gasteiger partial charge in [-0.25, -0.2) is 16.5 Å². The molecule has 0 unspecified atom stereocenters. The molecule has 0 bridgehead atoms. The molecule has 24 heavy (non-hydrogen) atoms. The zero-order chi connectivity index (χ0) is 28.7. The molecule has 3 rings (SSSR count). The SMILES string of the molecule is [2H]c1c(C)[nH]c2ncnc(N([C@H]3C([2H])([2H])N(C(=O)C([2H])([2H])[N+]#[C-])C([2H])([2H])C([2H])([2H])[C@@]3([2H])C)C([2H])([2H])[2H])c12. The van der Waals surface area contributed by atoms with Crippen LogP contribution in [0, 0.1) is 19.4 Å². The number of aromatic amines is 1. The fourth-order valence-electron chi connectivity index (χ4n) is 2.21. The Morgan fingerprint density at radius 2 is 2.62 bits per heavy atom. The van der Waals surface area contributed by atoms with Crippen molar-refractivity contribution in [2.45, 2.75) is 26.3 Å². The topological polar surface area (TPSA) is 69.5 Å². The van der Waals surface area contributed by atoms with Gasteiger partial charge >= 0.3 is 5.91 Å².